The van der Waals surface area contributed by atoms with E-state index < -0.39 is 11.9 Å². The van der Waals surface area contributed by atoms with Crippen molar-refractivity contribution in [2.75, 3.05) is 5.73 Å². The first-order valence-corrected chi connectivity index (χ1v) is 4.18. The van der Waals surface area contributed by atoms with Gasteiger partial charge in [0.15, 0.2) is 0 Å². The minimum atomic E-state index is -1.46. The summed E-state index contributed by atoms with van der Waals surface area (Å²) in [4.78, 5) is 21.4. The van der Waals surface area contributed by atoms with Crippen LogP contribution in [0.15, 0.2) is 6.07 Å². The zero-order valence-electron chi connectivity index (χ0n) is 10.3. The third-order valence-electron chi connectivity index (χ3n) is 2.34. The molecular formula is C10H9NNa2O4. The molecule has 0 saturated carbocycles. The summed E-state index contributed by atoms with van der Waals surface area (Å²) in [6, 6.07) is 1.01. The van der Waals surface area contributed by atoms with Crippen LogP contribution in [0.25, 0.3) is 0 Å². The Morgan fingerprint density at radius 2 is 1.29 bits per heavy atom. The molecule has 0 radical (unpaired) electrons. The van der Waals surface area contributed by atoms with Crippen molar-refractivity contribution < 1.29 is 78.9 Å². The maximum atomic E-state index is 10.7. The van der Waals surface area contributed by atoms with Crippen molar-refractivity contribution in [2.24, 2.45) is 0 Å². The molecule has 0 unspecified atom stereocenters. The second-order valence-electron chi connectivity index (χ2n) is 3.21. The van der Waals surface area contributed by atoms with Gasteiger partial charge in [-0.1, -0.05) is 0 Å². The number of carbonyl (C=O) groups excluding carboxylic acids is 2. The van der Waals surface area contributed by atoms with Gasteiger partial charge in [0.25, 0.3) is 0 Å². The van der Waals surface area contributed by atoms with E-state index in [9.17, 15) is 19.8 Å². The van der Waals surface area contributed by atoms with Crippen LogP contribution in [0.4, 0.5) is 5.69 Å². The molecule has 5 nitrogen and oxygen atoms in total. The van der Waals surface area contributed by atoms with Gasteiger partial charge in [0, 0.05) is 16.8 Å². The van der Waals surface area contributed by atoms with Gasteiger partial charge in [-0.25, -0.2) is 0 Å². The summed E-state index contributed by atoms with van der Waals surface area (Å²) in [6.45, 7) is 2.99. The number of carboxylic acid groups (broad SMARTS) is 2. The van der Waals surface area contributed by atoms with Crippen LogP contribution in [0.5, 0.6) is 0 Å². The summed E-state index contributed by atoms with van der Waals surface area (Å²) in [6.07, 6.45) is 0. The molecule has 0 bridgehead atoms. The Hall–Kier alpha value is -0.0400. The average molecular weight is 253 g/mol. The molecule has 1 aromatic carbocycles. The van der Waals surface area contributed by atoms with Gasteiger partial charge in [0.2, 0.25) is 0 Å². The second kappa shape index (κ2) is 7.41. The normalized spacial score (nSPS) is 8.82. The van der Waals surface area contributed by atoms with Crippen molar-refractivity contribution in [3.05, 3.63) is 28.3 Å². The molecule has 0 saturated heterocycles. The Balaban J connectivity index is 0. The van der Waals surface area contributed by atoms with Gasteiger partial charge in [-0.3, -0.25) is 0 Å². The predicted molar refractivity (Wildman–Crippen MR) is 49.0 cm³/mol. The number of hydrogen-bond acceptors (Lipinski definition) is 5. The molecule has 0 spiro atoms. The van der Waals surface area contributed by atoms with Crippen LogP contribution in [0.2, 0.25) is 0 Å². The number of rotatable bonds is 2. The molecule has 0 amide bonds. The largest absolute Gasteiger partial charge is 1.00 e. The van der Waals surface area contributed by atoms with Crippen molar-refractivity contribution >= 4 is 17.6 Å². The van der Waals surface area contributed by atoms with Gasteiger partial charge in [0.05, 0.1) is 11.9 Å². The second-order valence-corrected chi connectivity index (χ2v) is 3.21. The number of aromatic carboxylic acids is 2. The first-order valence-electron chi connectivity index (χ1n) is 4.18. The standard InChI is InChI=1S/C10H11NO4.2Na/c1-4-6(9(12)13)3-7(10(14)15)5(2)8(4)11;;/h3H,11H2,1-2H3,(H,12,13)(H,14,15);;/q;2*+1/p-2. The van der Waals surface area contributed by atoms with Crippen LogP contribution in [-0.4, -0.2) is 11.9 Å². The number of carboxylic acids is 2. The number of hydrogen-bond donors (Lipinski definition) is 1. The summed E-state index contributed by atoms with van der Waals surface area (Å²) < 4.78 is 0. The van der Waals surface area contributed by atoms with Crippen LogP contribution in [0.3, 0.4) is 0 Å². The van der Waals surface area contributed by atoms with Gasteiger partial charge < -0.3 is 25.5 Å². The Morgan fingerprint density at radius 1 is 1.00 bits per heavy atom. The number of anilines is 1. The van der Waals surface area contributed by atoms with Gasteiger partial charge in [-0.15, -0.1) is 0 Å². The van der Waals surface area contributed by atoms with Crippen molar-refractivity contribution in [3.63, 3.8) is 0 Å². The summed E-state index contributed by atoms with van der Waals surface area (Å²) in [5.41, 5.74) is 5.87. The maximum absolute atomic E-state index is 10.7. The van der Waals surface area contributed by atoms with Crippen molar-refractivity contribution in [3.8, 4) is 0 Å². The third kappa shape index (κ3) is 3.98. The fourth-order valence-electron chi connectivity index (χ4n) is 1.36. The molecule has 0 aliphatic heterocycles. The molecule has 1 rings (SSSR count). The minimum absolute atomic E-state index is 0. The summed E-state index contributed by atoms with van der Waals surface area (Å²) in [5.74, 6) is -2.91. The predicted octanol–water partition coefficient (Wildman–Crippen LogP) is -7.38. The quantitative estimate of drug-likeness (QED) is 0.416. The smallest absolute Gasteiger partial charge is 0.545 e. The average Bonchev–Trinajstić information content (AvgIpc) is 2.13. The van der Waals surface area contributed by atoms with Crippen molar-refractivity contribution in [1.82, 2.24) is 0 Å². The topological polar surface area (TPSA) is 106 Å². The summed E-state index contributed by atoms with van der Waals surface area (Å²) in [7, 11) is 0. The van der Waals surface area contributed by atoms with E-state index in [1.165, 1.54) is 13.8 Å². The van der Waals surface area contributed by atoms with E-state index in [1.807, 2.05) is 0 Å². The van der Waals surface area contributed by atoms with E-state index in [4.69, 9.17) is 5.73 Å². The molecule has 0 atom stereocenters. The fourth-order valence-corrected chi connectivity index (χ4v) is 1.36. The van der Waals surface area contributed by atoms with E-state index in [0.29, 0.717) is 11.1 Å². The molecule has 7 heteroatoms. The number of nitrogens with two attached hydrogens (primary N) is 1. The fraction of sp³-hybridized carbons (Fsp3) is 0.200. The Kier molecular flexibility index (Phi) is 8.41. The zero-order valence-corrected chi connectivity index (χ0v) is 14.3. The van der Waals surface area contributed by atoms with Crippen LogP contribution in [-0.2, 0) is 0 Å². The molecule has 0 aliphatic rings. The Bertz CT molecular complexity index is 422. The molecule has 0 aromatic heterocycles. The van der Waals surface area contributed by atoms with Crippen LogP contribution in [0.1, 0.15) is 31.8 Å². The molecule has 2 N–H and O–H groups in total. The third-order valence-corrected chi connectivity index (χ3v) is 2.34. The molecular weight excluding hydrogens is 244 g/mol. The van der Waals surface area contributed by atoms with E-state index in [0.717, 1.165) is 6.07 Å². The maximum Gasteiger partial charge on any atom is 1.00 e. The number of carbonyl (C=O) groups is 2. The first kappa shape index (κ1) is 19.3. The van der Waals surface area contributed by atoms with Crippen molar-refractivity contribution in [1.29, 1.82) is 0 Å². The Labute approximate surface area is 143 Å². The van der Waals surface area contributed by atoms with Gasteiger partial charge in [-0.2, -0.15) is 0 Å². The van der Waals surface area contributed by atoms with Gasteiger partial charge in [-0.05, 0) is 31.0 Å². The molecule has 80 valence electrons. The number of benzene rings is 1. The van der Waals surface area contributed by atoms with E-state index >= 15 is 0 Å². The molecule has 17 heavy (non-hydrogen) atoms. The summed E-state index contributed by atoms with van der Waals surface area (Å²) >= 11 is 0. The molecule has 0 fully saturated rings. The van der Waals surface area contributed by atoms with Crippen LogP contribution in [0, 0.1) is 13.8 Å². The molecule has 0 heterocycles. The Morgan fingerprint density at radius 3 is 1.53 bits per heavy atom. The monoisotopic (exact) mass is 253 g/mol. The van der Waals surface area contributed by atoms with Gasteiger partial charge in [0.1, 0.15) is 0 Å². The van der Waals surface area contributed by atoms with Crippen LogP contribution >= 0.6 is 0 Å². The minimum Gasteiger partial charge on any atom is -0.545 e. The van der Waals surface area contributed by atoms with Crippen molar-refractivity contribution in [2.45, 2.75) is 13.8 Å². The van der Waals surface area contributed by atoms with E-state index in [-0.39, 0.29) is 75.9 Å². The van der Waals surface area contributed by atoms with Crippen LogP contribution < -0.4 is 75.1 Å². The SMILES string of the molecule is Cc1c(C(=O)[O-])cc(C(=O)[O-])c(C)c1N.[Na+].[Na+]. The molecule has 1 aromatic rings. The van der Waals surface area contributed by atoms with Gasteiger partial charge >= 0.3 is 59.1 Å². The number of nitrogen functional groups attached to an aromatic ring is 1. The molecule has 0 aliphatic carbocycles. The van der Waals surface area contributed by atoms with E-state index in [1.54, 1.807) is 0 Å². The summed E-state index contributed by atoms with van der Waals surface area (Å²) in [5, 5.41) is 21.4. The first-order chi connectivity index (χ1) is 6.86. The zero-order chi connectivity index (χ0) is 11.7. The van der Waals surface area contributed by atoms with E-state index in [2.05, 4.69) is 0 Å².